The minimum atomic E-state index is -2.33. The van der Waals surface area contributed by atoms with Crippen molar-refractivity contribution < 1.29 is 53.3 Å². The Morgan fingerprint density at radius 3 is 2.35 bits per heavy atom. The molecule has 3 N–H and O–H groups in total. The van der Waals surface area contributed by atoms with Gasteiger partial charge in [-0.15, -0.1) is 0 Å². The second-order valence-corrected chi connectivity index (χ2v) is 12.9. The number of rotatable bonds is 4. The molecule has 0 radical (unpaired) electrons. The number of methoxy groups -OCH3 is 1. The Bertz CT molecular complexity index is 1260. The number of aliphatic hydroxyl groups excluding tert-OH is 2. The highest BCUT2D eigenvalue weighted by Crippen LogP contribution is 2.83. The number of carbonyl (C=O) groups excluding carboxylic acids is 2. The fourth-order valence-electron chi connectivity index (χ4n) is 9.13. The van der Waals surface area contributed by atoms with Crippen molar-refractivity contribution in [2.45, 2.75) is 82.6 Å². The van der Waals surface area contributed by atoms with E-state index >= 15 is 0 Å². The Balaban J connectivity index is 1.64. The van der Waals surface area contributed by atoms with E-state index < -0.39 is 88.0 Å². The number of fused-ring (bicyclic) bond motifs is 1. The van der Waals surface area contributed by atoms with Crippen LogP contribution in [0.15, 0.2) is 30.3 Å². The minimum Gasteiger partial charge on any atom is -0.456 e. The van der Waals surface area contributed by atoms with Gasteiger partial charge in [0, 0.05) is 25.2 Å². The van der Waals surface area contributed by atoms with Gasteiger partial charge in [-0.1, -0.05) is 39.0 Å². The monoisotopic (exact) mass is 578 g/mol. The summed E-state index contributed by atoms with van der Waals surface area (Å²) in [6.45, 7) is 8.57. The first kappa shape index (κ1) is 27.8. The van der Waals surface area contributed by atoms with Crippen molar-refractivity contribution in [1.82, 2.24) is 0 Å². The third kappa shape index (κ3) is 2.71. The average molecular weight is 579 g/mol. The van der Waals surface area contributed by atoms with Crippen LogP contribution in [0.2, 0.25) is 0 Å². The molecule has 3 saturated heterocycles. The number of hydrogen-bond acceptors (Lipinski definition) is 12. The van der Waals surface area contributed by atoms with E-state index in [4.69, 9.17) is 40.6 Å². The molecule has 2 aliphatic carbocycles. The number of para-hydroxylation sites is 1. The lowest BCUT2D eigenvalue weighted by Gasteiger charge is -2.51. The number of ether oxygens (including phenoxy) is 6. The van der Waals surface area contributed by atoms with Crippen molar-refractivity contribution in [1.29, 1.82) is 0 Å². The van der Waals surface area contributed by atoms with E-state index in [1.54, 1.807) is 30.3 Å². The Labute approximate surface area is 236 Å². The Morgan fingerprint density at radius 1 is 1.12 bits per heavy atom. The van der Waals surface area contributed by atoms with Gasteiger partial charge in [0.25, 0.3) is 0 Å². The molecule has 1 spiro atoms. The zero-order valence-electron chi connectivity index (χ0n) is 23.0. The second-order valence-electron chi connectivity index (χ2n) is 12.6. The van der Waals surface area contributed by atoms with Crippen molar-refractivity contribution in [2.24, 2.45) is 28.1 Å². The molecule has 0 aromatic heterocycles. The van der Waals surface area contributed by atoms with Gasteiger partial charge in [0.05, 0.1) is 23.5 Å². The van der Waals surface area contributed by atoms with Crippen LogP contribution >= 0.6 is 12.2 Å². The van der Waals surface area contributed by atoms with E-state index in [2.05, 4.69) is 0 Å². The summed E-state index contributed by atoms with van der Waals surface area (Å²) in [5.41, 5.74) is -8.82. The molecule has 0 bridgehead atoms. The molecular weight excluding hydrogens is 544 g/mol. The molecule has 1 aromatic rings. The number of thiocarbonyl (C=S) groups is 1. The second kappa shape index (κ2) is 8.36. The van der Waals surface area contributed by atoms with E-state index in [1.807, 2.05) is 20.8 Å². The summed E-state index contributed by atoms with van der Waals surface area (Å²) in [5, 5.41) is 35.8. The molecule has 0 amide bonds. The van der Waals surface area contributed by atoms with Crippen molar-refractivity contribution in [2.75, 3.05) is 7.11 Å². The fraction of sp³-hybridized carbons (Fsp3) is 0.679. The van der Waals surface area contributed by atoms with Crippen LogP contribution in [0.4, 0.5) is 0 Å². The lowest BCUT2D eigenvalue weighted by Crippen LogP contribution is -2.67. The smallest absolute Gasteiger partial charge is 0.358 e. The molecule has 40 heavy (non-hydrogen) atoms. The molecule has 6 unspecified atom stereocenters. The molecule has 12 heteroatoms. The van der Waals surface area contributed by atoms with Gasteiger partial charge in [-0.05, 0) is 31.4 Å². The number of carbonyl (C=O) groups is 2. The van der Waals surface area contributed by atoms with E-state index in [1.165, 1.54) is 21.0 Å². The Hall–Kier alpha value is -2.35. The first-order valence-electron chi connectivity index (χ1n) is 13.3. The summed E-state index contributed by atoms with van der Waals surface area (Å²) in [7, 11) is 1.35. The maximum atomic E-state index is 14.1. The van der Waals surface area contributed by atoms with E-state index in [0.29, 0.717) is 5.75 Å². The molecule has 11 nitrogen and oxygen atoms in total. The van der Waals surface area contributed by atoms with Gasteiger partial charge >= 0.3 is 17.2 Å². The fourth-order valence-corrected chi connectivity index (χ4v) is 9.33. The van der Waals surface area contributed by atoms with Gasteiger partial charge in [0.15, 0.2) is 24.1 Å². The SMILES string of the molecule is COC1OC23C(=O)OC4[C@H](O)[C@@H](C(C)(C)C)C1([C@H](C)O)C42[C@@H](OC(=S)Oc1ccccc1)C1OC(=O)[C@@H](C)[C@@]13O. The Kier molecular flexibility index (Phi) is 5.81. The van der Waals surface area contributed by atoms with Crippen LogP contribution in [0.25, 0.3) is 0 Å². The van der Waals surface area contributed by atoms with Crippen molar-refractivity contribution in [3.05, 3.63) is 30.3 Å². The van der Waals surface area contributed by atoms with E-state index in [-0.39, 0.29) is 5.24 Å². The van der Waals surface area contributed by atoms with E-state index in [0.717, 1.165) is 0 Å². The van der Waals surface area contributed by atoms with Crippen LogP contribution < -0.4 is 4.74 Å². The largest absolute Gasteiger partial charge is 0.456 e. The Morgan fingerprint density at radius 2 is 1.77 bits per heavy atom. The lowest BCUT2D eigenvalue weighted by atomic mass is 9.50. The summed E-state index contributed by atoms with van der Waals surface area (Å²) in [6, 6.07) is 8.58. The third-order valence-electron chi connectivity index (χ3n) is 10.1. The predicted molar refractivity (Wildman–Crippen MR) is 139 cm³/mol. The van der Waals surface area contributed by atoms with Gasteiger partial charge < -0.3 is 43.7 Å². The van der Waals surface area contributed by atoms with Gasteiger partial charge in [-0.2, -0.15) is 0 Å². The maximum absolute atomic E-state index is 14.1. The minimum absolute atomic E-state index is 0.360. The van der Waals surface area contributed by atoms with Gasteiger partial charge in [-0.3, -0.25) is 4.79 Å². The predicted octanol–water partition coefficient (Wildman–Crippen LogP) is 1.10. The molecular formula is C28H34O11S. The lowest BCUT2D eigenvalue weighted by molar-refractivity contribution is -0.262. The quantitative estimate of drug-likeness (QED) is 0.347. The molecule has 5 aliphatic rings. The summed E-state index contributed by atoms with van der Waals surface area (Å²) < 4.78 is 36.0. The highest BCUT2D eigenvalue weighted by atomic mass is 32.1. The maximum Gasteiger partial charge on any atom is 0.358 e. The van der Waals surface area contributed by atoms with E-state index in [9.17, 15) is 24.9 Å². The first-order chi connectivity index (χ1) is 18.7. The van der Waals surface area contributed by atoms with Crippen molar-refractivity contribution in [3.63, 3.8) is 0 Å². The molecule has 6 rings (SSSR count). The van der Waals surface area contributed by atoms with Gasteiger partial charge in [-0.25, -0.2) is 4.79 Å². The standard InChI is InChI=1S/C28H34O11S/c1-12-20(31)36-19-18(38-23(40)35-14-10-8-7-9-11-14)26-17-15(30)16(24(3,4)5)25(26,13(2)29)22(34-6)39-28(26,21(32)37-17)27(12,19)33/h7-13,15-19,22,29-30,33H,1-6H3/t12-,13+,15-,16+,17?,18+,19?,22?,25?,26?,27-,28?/m1/s1. The highest BCUT2D eigenvalue weighted by Gasteiger charge is 3.04. The molecule has 1 aromatic carbocycles. The van der Waals surface area contributed by atoms with Crippen LogP contribution in [-0.4, -0.2) is 87.6 Å². The molecule has 3 aliphatic heterocycles. The first-order valence-corrected chi connectivity index (χ1v) is 13.7. The van der Waals surface area contributed by atoms with Crippen molar-refractivity contribution >= 4 is 29.4 Å². The zero-order valence-corrected chi connectivity index (χ0v) is 23.8. The van der Waals surface area contributed by atoms with Gasteiger partial charge in [0.1, 0.15) is 17.3 Å². The van der Waals surface area contributed by atoms with Crippen molar-refractivity contribution in [3.8, 4) is 5.75 Å². The third-order valence-corrected chi connectivity index (χ3v) is 10.3. The normalized spacial score (nSPS) is 47.3. The molecule has 5 fully saturated rings. The molecule has 2 saturated carbocycles. The zero-order chi connectivity index (χ0) is 29.2. The summed E-state index contributed by atoms with van der Waals surface area (Å²) in [4.78, 5) is 27.0. The average Bonchev–Trinajstić information content (AvgIpc) is 3.52. The van der Waals surface area contributed by atoms with Crippen LogP contribution in [-0.2, 0) is 33.3 Å². The van der Waals surface area contributed by atoms with Crippen LogP contribution in [0.1, 0.15) is 34.6 Å². The molecule has 12 atom stereocenters. The summed E-state index contributed by atoms with van der Waals surface area (Å²) in [6.07, 6.45) is -8.25. The number of esters is 2. The molecule has 218 valence electrons. The van der Waals surface area contributed by atoms with Crippen LogP contribution in [0.3, 0.4) is 0 Å². The topological polar surface area (TPSA) is 150 Å². The van der Waals surface area contributed by atoms with Crippen LogP contribution in [0.5, 0.6) is 5.75 Å². The summed E-state index contributed by atoms with van der Waals surface area (Å²) in [5.74, 6) is -3.51. The summed E-state index contributed by atoms with van der Waals surface area (Å²) >= 11 is 5.47. The number of benzene rings is 1. The number of hydrogen-bond donors (Lipinski definition) is 3. The highest BCUT2D eigenvalue weighted by molar-refractivity contribution is 7.79. The number of aliphatic hydroxyl groups is 3. The molecule has 3 heterocycles. The van der Waals surface area contributed by atoms with Crippen LogP contribution in [0, 0.1) is 28.1 Å². The van der Waals surface area contributed by atoms with Gasteiger partial charge in [0.2, 0.25) is 5.60 Å².